The van der Waals surface area contributed by atoms with E-state index in [1.54, 1.807) is 4.68 Å². The Morgan fingerprint density at radius 1 is 1.25 bits per heavy atom. The fourth-order valence-electron chi connectivity index (χ4n) is 4.30. The van der Waals surface area contributed by atoms with Gasteiger partial charge in [0.05, 0.1) is 12.1 Å². The number of fused-ring (bicyclic) bond motifs is 1. The molecular formula is C18H22N4O2. The number of hydrogen-bond acceptors (Lipinski definition) is 4. The smallest absolute Gasteiger partial charge is 0.303 e. The number of carboxylic acid groups (broad SMARTS) is 1. The average molecular weight is 326 g/mol. The summed E-state index contributed by atoms with van der Waals surface area (Å²) in [6, 6.07) is 9.09. The van der Waals surface area contributed by atoms with Crippen molar-refractivity contribution >= 4 is 5.97 Å². The highest BCUT2D eigenvalue weighted by molar-refractivity contribution is 5.67. The normalized spacial score (nSPS) is 24.4. The summed E-state index contributed by atoms with van der Waals surface area (Å²) in [6.45, 7) is 1.70. The molecule has 0 unspecified atom stereocenters. The molecule has 1 aromatic carbocycles. The lowest BCUT2D eigenvalue weighted by Crippen LogP contribution is -2.34. The van der Waals surface area contributed by atoms with Gasteiger partial charge in [-0.25, -0.2) is 0 Å². The maximum absolute atomic E-state index is 11.3. The van der Waals surface area contributed by atoms with Crippen LogP contribution in [0.4, 0.5) is 0 Å². The van der Waals surface area contributed by atoms with Gasteiger partial charge >= 0.3 is 5.97 Å². The van der Waals surface area contributed by atoms with Crippen molar-refractivity contribution in [3.8, 4) is 0 Å². The third-order valence-corrected chi connectivity index (χ3v) is 5.45. The molecule has 2 heterocycles. The van der Waals surface area contributed by atoms with E-state index in [2.05, 4.69) is 39.5 Å². The predicted octanol–water partition coefficient (Wildman–Crippen LogP) is 1.47. The fraction of sp³-hybridized carbons (Fsp3) is 0.500. The second-order valence-electron chi connectivity index (χ2n) is 7.07. The molecule has 6 nitrogen and oxygen atoms in total. The van der Waals surface area contributed by atoms with Crippen LogP contribution in [0.2, 0.25) is 0 Å². The van der Waals surface area contributed by atoms with Gasteiger partial charge in [-0.05, 0) is 29.9 Å². The molecule has 1 saturated heterocycles. The molecular weight excluding hydrogens is 304 g/mol. The van der Waals surface area contributed by atoms with E-state index in [9.17, 15) is 9.90 Å². The molecule has 1 aliphatic heterocycles. The highest BCUT2D eigenvalue weighted by atomic mass is 16.4. The summed E-state index contributed by atoms with van der Waals surface area (Å²) in [7, 11) is 1.85. The minimum atomic E-state index is -0.731. The Balaban J connectivity index is 1.53. The molecule has 2 aliphatic rings. The molecule has 0 bridgehead atoms. The fourth-order valence-corrected chi connectivity index (χ4v) is 4.30. The Morgan fingerprint density at radius 2 is 1.96 bits per heavy atom. The second kappa shape index (κ2) is 6.02. The first-order chi connectivity index (χ1) is 11.6. The first-order valence-electron chi connectivity index (χ1n) is 8.49. The van der Waals surface area contributed by atoms with Crippen molar-refractivity contribution < 1.29 is 9.90 Å². The van der Waals surface area contributed by atoms with Gasteiger partial charge in [-0.2, -0.15) is 0 Å². The lowest BCUT2D eigenvalue weighted by Gasteiger charge is -2.23. The summed E-state index contributed by atoms with van der Waals surface area (Å²) in [4.78, 5) is 13.7. The van der Waals surface area contributed by atoms with Crippen LogP contribution in [-0.2, 0) is 24.7 Å². The molecule has 1 aromatic heterocycles. The van der Waals surface area contributed by atoms with E-state index in [0.29, 0.717) is 6.04 Å². The Hall–Kier alpha value is -2.21. The summed E-state index contributed by atoms with van der Waals surface area (Å²) in [5, 5.41) is 17.6. The molecule has 126 valence electrons. The van der Waals surface area contributed by atoms with Gasteiger partial charge in [0.2, 0.25) is 0 Å². The molecule has 1 aliphatic carbocycles. The van der Waals surface area contributed by atoms with Crippen molar-refractivity contribution in [1.29, 1.82) is 0 Å². The molecule has 6 heteroatoms. The molecule has 2 aromatic rings. The highest BCUT2D eigenvalue weighted by Crippen LogP contribution is 2.37. The molecule has 0 spiro atoms. The summed E-state index contributed by atoms with van der Waals surface area (Å²) in [5.74, 6) is -0.480. The van der Waals surface area contributed by atoms with E-state index >= 15 is 0 Å². The Bertz CT molecular complexity index is 732. The molecule has 0 amide bonds. The maximum atomic E-state index is 11.3. The second-order valence-corrected chi connectivity index (χ2v) is 7.07. The Morgan fingerprint density at radius 3 is 2.54 bits per heavy atom. The maximum Gasteiger partial charge on any atom is 0.303 e. The monoisotopic (exact) mass is 326 g/mol. The van der Waals surface area contributed by atoms with E-state index in [1.807, 2.05) is 13.2 Å². The molecule has 1 N–H and O–H groups in total. The van der Waals surface area contributed by atoms with Crippen LogP contribution < -0.4 is 0 Å². The molecule has 2 atom stereocenters. The van der Waals surface area contributed by atoms with Gasteiger partial charge in [0.1, 0.15) is 0 Å². The Kier molecular flexibility index (Phi) is 3.84. The lowest BCUT2D eigenvalue weighted by atomic mass is 9.91. The van der Waals surface area contributed by atoms with Crippen molar-refractivity contribution in [2.75, 3.05) is 13.1 Å². The standard InChI is InChI=1S/C18H22N4O2/c1-21-11-17(19-20-21)16-10-22(9-14(16)8-18(23)24)15-6-12-4-2-3-5-13(12)7-15/h2-5,11,14-16H,6-10H2,1H3,(H,23,24)/t14-,16+/m0/s1. The van der Waals surface area contributed by atoms with Gasteiger partial charge in [-0.1, -0.05) is 29.5 Å². The van der Waals surface area contributed by atoms with Gasteiger partial charge in [-0.15, -0.1) is 5.10 Å². The first kappa shape index (κ1) is 15.3. The van der Waals surface area contributed by atoms with E-state index in [1.165, 1.54) is 11.1 Å². The van der Waals surface area contributed by atoms with E-state index in [0.717, 1.165) is 31.6 Å². The lowest BCUT2D eigenvalue weighted by molar-refractivity contribution is -0.138. The Labute approximate surface area is 141 Å². The predicted molar refractivity (Wildman–Crippen MR) is 88.7 cm³/mol. The number of carboxylic acids is 1. The third-order valence-electron chi connectivity index (χ3n) is 5.45. The van der Waals surface area contributed by atoms with Crippen LogP contribution in [0, 0.1) is 5.92 Å². The molecule has 0 radical (unpaired) electrons. The van der Waals surface area contributed by atoms with Gasteiger partial charge in [0.25, 0.3) is 0 Å². The zero-order valence-electron chi connectivity index (χ0n) is 13.8. The number of carbonyl (C=O) groups is 1. The number of aryl methyl sites for hydroxylation is 1. The average Bonchev–Trinajstić information content (AvgIpc) is 3.23. The number of likely N-dealkylation sites (tertiary alicyclic amines) is 1. The number of aromatic nitrogens is 3. The van der Waals surface area contributed by atoms with Crippen LogP contribution in [0.15, 0.2) is 30.5 Å². The van der Waals surface area contributed by atoms with Gasteiger partial charge in [-0.3, -0.25) is 14.4 Å². The van der Waals surface area contributed by atoms with Crippen molar-refractivity contribution in [3.05, 3.63) is 47.3 Å². The SMILES string of the molecule is Cn1cc([C@@H]2CN(C3Cc4ccccc4C3)C[C@@H]2CC(=O)O)nn1. The van der Waals surface area contributed by atoms with Crippen LogP contribution in [0.1, 0.15) is 29.2 Å². The molecule has 4 rings (SSSR count). The molecule has 24 heavy (non-hydrogen) atoms. The van der Waals surface area contributed by atoms with Gasteiger partial charge < -0.3 is 5.11 Å². The quantitative estimate of drug-likeness (QED) is 0.921. The van der Waals surface area contributed by atoms with Gasteiger partial charge in [0.15, 0.2) is 0 Å². The van der Waals surface area contributed by atoms with E-state index in [4.69, 9.17) is 0 Å². The largest absolute Gasteiger partial charge is 0.481 e. The topological polar surface area (TPSA) is 71.2 Å². The summed E-state index contributed by atoms with van der Waals surface area (Å²) < 4.78 is 1.70. The third kappa shape index (κ3) is 2.82. The van der Waals surface area contributed by atoms with Gasteiger partial charge in [0, 0.05) is 38.3 Å². The van der Waals surface area contributed by atoms with E-state index < -0.39 is 5.97 Å². The minimum absolute atomic E-state index is 0.0999. The summed E-state index contributed by atoms with van der Waals surface area (Å²) in [5.41, 5.74) is 3.78. The first-order valence-corrected chi connectivity index (χ1v) is 8.49. The molecule has 0 saturated carbocycles. The van der Waals surface area contributed by atoms with Crippen LogP contribution >= 0.6 is 0 Å². The van der Waals surface area contributed by atoms with Crippen molar-refractivity contribution in [3.63, 3.8) is 0 Å². The number of rotatable bonds is 4. The van der Waals surface area contributed by atoms with Crippen LogP contribution in [-0.4, -0.2) is 50.1 Å². The molecule has 1 fully saturated rings. The van der Waals surface area contributed by atoms with Crippen molar-refractivity contribution in [2.24, 2.45) is 13.0 Å². The van der Waals surface area contributed by atoms with Crippen LogP contribution in [0.5, 0.6) is 0 Å². The van der Waals surface area contributed by atoms with Crippen LogP contribution in [0.25, 0.3) is 0 Å². The minimum Gasteiger partial charge on any atom is -0.481 e. The number of nitrogens with zero attached hydrogens (tertiary/aromatic N) is 4. The zero-order valence-corrected chi connectivity index (χ0v) is 13.8. The van der Waals surface area contributed by atoms with Crippen molar-refractivity contribution in [2.45, 2.75) is 31.2 Å². The number of aliphatic carboxylic acids is 1. The number of benzene rings is 1. The van der Waals surface area contributed by atoms with E-state index in [-0.39, 0.29) is 18.3 Å². The highest BCUT2D eigenvalue weighted by Gasteiger charge is 2.40. The zero-order chi connectivity index (χ0) is 16.7. The summed E-state index contributed by atoms with van der Waals surface area (Å²) in [6.07, 6.45) is 4.23. The summed E-state index contributed by atoms with van der Waals surface area (Å²) >= 11 is 0. The number of hydrogen-bond donors (Lipinski definition) is 1. The van der Waals surface area contributed by atoms with Crippen LogP contribution in [0.3, 0.4) is 0 Å². The van der Waals surface area contributed by atoms with Crippen molar-refractivity contribution in [1.82, 2.24) is 19.9 Å².